The second-order valence-corrected chi connectivity index (χ2v) is 5.90. The molecule has 0 aliphatic heterocycles. The molecular weight excluding hydrogens is 274 g/mol. The van der Waals surface area contributed by atoms with Crippen molar-refractivity contribution < 1.29 is 27.5 Å². The molecule has 0 radical (unpaired) electrons. The van der Waals surface area contributed by atoms with Crippen LogP contribution in [0, 0.1) is 0 Å². The van der Waals surface area contributed by atoms with Crippen LogP contribution in [0.3, 0.4) is 0 Å². The highest BCUT2D eigenvalue weighted by atomic mass is 32.2. The molecule has 0 N–H and O–H groups in total. The van der Waals surface area contributed by atoms with Gasteiger partial charge in [0.25, 0.3) is 0 Å². The van der Waals surface area contributed by atoms with Gasteiger partial charge in [0.1, 0.15) is 0 Å². The lowest BCUT2D eigenvalue weighted by molar-refractivity contribution is -0.141. The van der Waals surface area contributed by atoms with Crippen molar-refractivity contribution in [2.45, 2.75) is 26.2 Å². The summed E-state index contributed by atoms with van der Waals surface area (Å²) < 4.78 is 34.0. The zero-order valence-corrected chi connectivity index (χ0v) is 12.4. The van der Waals surface area contributed by atoms with E-state index < -0.39 is 22.0 Å². The van der Waals surface area contributed by atoms with Crippen molar-refractivity contribution in [3.63, 3.8) is 0 Å². The van der Waals surface area contributed by atoms with Gasteiger partial charge in [0.2, 0.25) is 10.0 Å². The van der Waals surface area contributed by atoms with Gasteiger partial charge in [-0.25, -0.2) is 12.7 Å². The molecule has 0 unspecified atom stereocenters. The summed E-state index contributed by atoms with van der Waals surface area (Å²) in [5.41, 5.74) is 0. The molecule has 0 aliphatic rings. The molecule has 0 amide bonds. The van der Waals surface area contributed by atoms with E-state index in [-0.39, 0.29) is 38.1 Å². The summed E-state index contributed by atoms with van der Waals surface area (Å²) in [5.74, 6) is -1.03. The zero-order chi connectivity index (χ0) is 14.9. The van der Waals surface area contributed by atoms with Crippen LogP contribution in [-0.4, -0.2) is 57.7 Å². The van der Waals surface area contributed by atoms with Gasteiger partial charge in [0, 0.05) is 19.5 Å². The maximum Gasteiger partial charge on any atom is 0.306 e. The maximum atomic E-state index is 12.0. The summed E-state index contributed by atoms with van der Waals surface area (Å²) in [5, 5.41) is 0. The van der Waals surface area contributed by atoms with E-state index in [2.05, 4.69) is 9.47 Å². The Labute approximate surface area is 113 Å². The minimum atomic E-state index is -3.46. The van der Waals surface area contributed by atoms with Crippen molar-refractivity contribution in [1.82, 2.24) is 4.31 Å². The Morgan fingerprint density at radius 1 is 1.05 bits per heavy atom. The fourth-order valence-corrected chi connectivity index (χ4v) is 2.97. The summed E-state index contributed by atoms with van der Waals surface area (Å²) in [6.07, 6.45) is 0.272. The van der Waals surface area contributed by atoms with Gasteiger partial charge in [-0.3, -0.25) is 9.59 Å². The van der Waals surface area contributed by atoms with Crippen LogP contribution in [0.25, 0.3) is 0 Å². The molecule has 0 aromatic rings. The van der Waals surface area contributed by atoms with Crippen molar-refractivity contribution in [2.24, 2.45) is 0 Å². The highest BCUT2D eigenvalue weighted by molar-refractivity contribution is 7.89. The first-order chi connectivity index (χ1) is 8.87. The highest BCUT2D eigenvalue weighted by Gasteiger charge is 2.21. The Morgan fingerprint density at radius 3 is 2.05 bits per heavy atom. The molecule has 0 fully saturated rings. The fraction of sp³-hybridized carbons (Fsp3) is 0.818. The van der Waals surface area contributed by atoms with Gasteiger partial charge >= 0.3 is 11.9 Å². The molecule has 19 heavy (non-hydrogen) atoms. The number of carbonyl (C=O) groups is 2. The lowest BCUT2D eigenvalue weighted by Gasteiger charge is -2.19. The van der Waals surface area contributed by atoms with Gasteiger partial charge in [-0.1, -0.05) is 6.92 Å². The van der Waals surface area contributed by atoms with Crippen LogP contribution in [-0.2, 0) is 29.1 Å². The predicted octanol–water partition coefficient (Wildman–Crippen LogP) is 0.154. The molecule has 0 saturated carbocycles. The van der Waals surface area contributed by atoms with Gasteiger partial charge < -0.3 is 9.47 Å². The van der Waals surface area contributed by atoms with Crippen LogP contribution < -0.4 is 0 Å². The van der Waals surface area contributed by atoms with E-state index in [0.29, 0.717) is 0 Å². The molecule has 112 valence electrons. The third-order valence-electron chi connectivity index (χ3n) is 2.55. The predicted molar refractivity (Wildman–Crippen MR) is 68.9 cm³/mol. The summed E-state index contributed by atoms with van der Waals surface area (Å²) >= 11 is 0. The van der Waals surface area contributed by atoms with Crippen LogP contribution >= 0.6 is 0 Å². The van der Waals surface area contributed by atoms with Gasteiger partial charge in [-0.15, -0.1) is 0 Å². The van der Waals surface area contributed by atoms with E-state index >= 15 is 0 Å². The molecule has 0 bridgehead atoms. The third-order valence-corrected chi connectivity index (χ3v) is 4.58. The monoisotopic (exact) mass is 295 g/mol. The maximum absolute atomic E-state index is 12.0. The summed E-state index contributed by atoms with van der Waals surface area (Å²) in [6, 6.07) is 0. The number of sulfonamides is 1. The van der Waals surface area contributed by atoms with E-state index in [0.717, 1.165) is 0 Å². The quantitative estimate of drug-likeness (QED) is 0.563. The highest BCUT2D eigenvalue weighted by Crippen LogP contribution is 2.06. The second-order valence-electron chi connectivity index (χ2n) is 3.81. The van der Waals surface area contributed by atoms with Gasteiger partial charge in [0.15, 0.2) is 0 Å². The summed E-state index contributed by atoms with van der Waals surface area (Å²) in [6.45, 7) is 2.05. The number of rotatable bonds is 9. The van der Waals surface area contributed by atoms with E-state index in [1.165, 1.54) is 18.5 Å². The van der Waals surface area contributed by atoms with E-state index in [1.54, 1.807) is 6.92 Å². The first-order valence-electron chi connectivity index (χ1n) is 5.98. The molecule has 8 heteroatoms. The Hall–Kier alpha value is -1.15. The Kier molecular flexibility index (Phi) is 8.33. The fourth-order valence-electron chi connectivity index (χ4n) is 1.44. The minimum Gasteiger partial charge on any atom is -0.469 e. The van der Waals surface area contributed by atoms with Crippen molar-refractivity contribution in [3.8, 4) is 0 Å². The van der Waals surface area contributed by atoms with Crippen molar-refractivity contribution in [1.29, 1.82) is 0 Å². The average Bonchev–Trinajstić information content (AvgIpc) is 2.38. The van der Waals surface area contributed by atoms with Crippen LogP contribution in [0.1, 0.15) is 26.2 Å². The zero-order valence-electron chi connectivity index (χ0n) is 11.5. The number of hydrogen-bond donors (Lipinski definition) is 0. The molecule has 0 aromatic carbocycles. The van der Waals surface area contributed by atoms with Crippen molar-refractivity contribution >= 4 is 22.0 Å². The van der Waals surface area contributed by atoms with E-state index in [4.69, 9.17) is 0 Å². The van der Waals surface area contributed by atoms with Crippen LogP contribution in [0.2, 0.25) is 0 Å². The average molecular weight is 295 g/mol. The summed E-state index contributed by atoms with van der Waals surface area (Å²) in [7, 11) is -0.953. The number of methoxy groups -OCH3 is 2. The second kappa shape index (κ2) is 8.87. The Balaban J connectivity index is 4.32. The molecule has 0 heterocycles. The Bertz CT molecular complexity index is 392. The minimum absolute atomic E-state index is 0.0145. The van der Waals surface area contributed by atoms with E-state index in [1.807, 2.05) is 0 Å². The Morgan fingerprint density at radius 2 is 1.58 bits per heavy atom. The molecule has 0 atom stereocenters. The summed E-state index contributed by atoms with van der Waals surface area (Å²) in [4.78, 5) is 21.9. The lowest BCUT2D eigenvalue weighted by Crippen LogP contribution is -2.35. The van der Waals surface area contributed by atoms with Gasteiger partial charge in [0.05, 0.1) is 26.4 Å². The number of esters is 2. The standard InChI is InChI=1S/C11H21NO6S/c1-4-12(8-7-11(14)18-3)19(15,16)9-5-6-10(13)17-2/h4-9H2,1-3H3. The molecule has 0 spiro atoms. The SMILES string of the molecule is CCN(CCC(=O)OC)S(=O)(=O)CCCC(=O)OC. The molecule has 0 aromatic heterocycles. The first-order valence-corrected chi connectivity index (χ1v) is 7.59. The van der Waals surface area contributed by atoms with E-state index in [9.17, 15) is 18.0 Å². The van der Waals surface area contributed by atoms with Crippen LogP contribution in [0.5, 0.6) is 0 Å². The lowest BCUT2D eigenvalue weighted by atomic mass is 10.3. The van der Waals surface area contributed by atoms with Gasteiger partial charge in [-0.2, -0.15) is 0 Å². The molecule has 0 rings (SSSR count). The smallest absolute Gasteiger partial charge is 0.306 e. The third kappa shape index (κ3) is 7.12. The number of nitrogens with zero attached hydrogens (tertiary/aromatic N) is 1. The normalized spacial score (nSPS) is 11.4. The number of ether oxygens (including phenoxy) is 2. The van der Waals surface area contributed by atoms with Crippen LogP contribution in [0.4, 0.5) is 0 Å². The topological polar surface area (TPSA) is 90.0 Å². The molecule has 0 saturated heterocycles. The largest absolute Gasteiger partial charge is 0.469 e. The molecule has 0 aliphatic carbocycles. The molecule has 7 nitrogen and oxygen atoms in total. The molecular formula is C11H21NO6S. The van der Waals surface area contributed by atoms with Gasteiger partial charge in [-0.05, 0) is 6.42 Å². The van der Waals surface area contributed by atoms with Crippen molar-refractivity contribution in [3.05, 3.63) is 0 Å². The number of carbonyl (C=O) groups excluding carboxylic acids is 2. The first kappa shape index (κ1) is 17.8. The number of hydrogen-bond acceptors (Lipinski definition) is 6. The van der Waals surface area contributed by atoms with Crippen LogP contribution in [0.15, 0.2) is 0 Å². The van der Waals surface area contributed by atoms with Crippen molar-refractivity contribution in [2.75, 3.05) is 33.1 Å².